The van der Waals surface area contributed by atoms with Crippen molar-refractivity contribution in [1.29, 1.82) is 0 Å². The molecule has 0 saturated heterocycles. The zero-order valence-corrected chi connectivity index (χ0v) is 36.6. The number of esters is 3. The molecule has 12 nitrogen and oxygen atoms in total. The maximum absolute atomic E-state index is 11.5. The Labute approximate surface area is 366 Å². The van der Waals surface area contributed by atoms with Crippen LogP contribution >= 0.6 is 22.6 Å². The summed E-state index contributed by atoms with van der Waals surface area (Å²) in [6.07, 6.45) is 5.33. The van der Waals surface area contributed by atoms with Crippen LogP contribution in [0, 0.1) is 24.3 Å². The normalized spacial score (nSPS) is 10.4. The summed E-state index contributed by atoms with van der Waals surface area (Å²) in [6.45, 7) is 6.19. The second-order valence-electron chi connectivity index (χ2n) is 13.8. The zero-order chi connectivity index (χ0) is 43.5. The van der Waals surface area contributed by atoms with E-state index >= 15 is 0 Å². The van der Waals surface area contributed by atoms with Crippen molar-refractivity contribution in [2.24, 2.45) is 0 Å². The van der Waals surface area contributed by atoms with E-state index in [1.165, 1.54) is 41.6 Å². The third-order valence-corrected chi connectivity index (χ3v) is 10.1. The number of hydrogen-bond acceptors (Lipinski definition) is 9. The molecule has 9 rings (SSSR count). The van der Waals surface area contributed by atoms with Crippen LogP contribution in [0.1, 0.15) is 47.8 Å². The minimum absolute atomic E-state index is 0.330. The second-order valence-corrected chi connectivity index (χ2v) is 15.0. The smallest absolute Gasteiger partial charge is 0.337 e. The summed E-state index contributed by atoms with van der Waals surface area (Å²) in [5, 5.41) is 18.3. The number of halogens is 1. The maximum Gasteiger partial charge on any atom is 0.337 e. The van der Waals surface area contributed by atoms with Crippen LogP contribution in [-0.4, -0.2) is 69.0 Å². The van der Waals surface area contributed by atoms with E-state index in [0.717, 1.165) is 44.1 Å². The molecule has 0 amide bonds. The molecule has 61 heavy (non-hydrogen) atoms. The molecule has 1 N–H and O–H groups in total. The van der Waals surface area contributed by atoms with Crippen molar-refractivity contribution in [2.45, 2.75) is 20.8 Å². The minimum Gasteiger partial charge on any atom is -0.465 e. The van der Waals surface area contributed by atoms with Gasteiger partial charge in [-0.15, -0.1) is 0 Å². The summed E-state index contributed by atoms with van der Waals surface area (Å²) in [6, 6.07) is 40.7. The number of nitrogens with one attached hydrogen (secondary N) is 1. The van der Waals surface area contributed by atoms with Crippen molar-refractivity contribution in [2.75, 3.05) is 21.3 Å². The molecule has 0 fully saturated rings. The first-order chi connectivity index (χ1) is 29.5. The third kappa shape index (κ3) is 11.1. The lowest BCUT2D eigenvalue weighted by Crippen LogP contribution is -2.01. The molecule has 0 unspecified atom stereocenters. The van der Waals surface area contributed by atoms with Gasteiger partial charge in [0.1, 0.15) is 0 Å². The standard InChI is InChI=1S/2C16H14N2O2.C9H8N2O2.C7H7I/c1-11-3-6-14(7-4-11)18-10-13-9-12(16(19)20-2)5-8-15(13)17-18;1-11-3-6-14(7-4-11)18-15-8-5-12(16(19)20-2)9-13(15)10-17-18;1-13-9(12)6-2-3-8-7(4-6)5-10-11-8;1-6-2-4-7(8)5-3-6/h2*3-10H,1-2H3;2-5H,1H3,(H,10,11);2-5H,1H3. The van der Waals surface area contributed by atoms with Crippen molar-refractivity contribution >= 4 is 73.2 Å². The van der Waals surface area contributed by atoms with Crippen molar-refractivity contribution in [3.05, 3.63) is 183 Å². The number of carbonyl (C=O) groups excluding carboxylic acids is 3. The lowest BCUT2D eigenvalue weighted by molar-refractivity contribution is 0.0592. The molecule has 0 atom stereocenters. The van der Waals surface area contributed by atoms with E-state index in [-0.39, 0.29) is 17.9 Å². The van der Waals surface area contributed by atoms with Crippen LogP contribution in [0.5, 0.6) is 0 Å². The van der Waals surface area contributed by atoms with Gasteiger partial charge in [-0.1, -0.05) is 53.1 Å². The van der Waals surface area contributed by atoms with Crippen molar-refractivity contribution < 1.29 is 28.6 Å². The van der Waals surface area contributed by atoms with Crippen LogP contribution < -0.4 is 0 Å². The number of aromatic amines is 1. The Morgan fingerprint density at radius 2 is 1.05 bits per heavy atom. The molecule has 13 heteroatoms. The van der Waals surface area contributed by atoms with Gasteiger partial charge in [0.2, 0.25) is 0 Å². The summed E-state index contributed by atoms with van der Waals surface area (Å²) < 4.78 is 19.0. The summed E-state index contributed by atoms with van der Waals surface area (Å²) in [5.74, 6) is -1.01. The summed E-state index contributed by atoms with van der Waals surface area (Å²) in [7, 11) is 4.12. The first-order valence-electron chi connectivity index (χ1n) is 19.0. The Morgan fingerprint density at radius 3 is 1.61 bits per heavy atom. The van der Waals surface area contributed by atoms with Gasteiger partial charge >= 0.3 is 17.9 Å². The molecule has 308 valence electrons. The predicted molar refractivity (Wildman–Crippen MR) is 246 cm³/mol. The monoisotopic (exact) mass is 926 g/mol. The first kappa shape index (κ1) is 43.4. The van der Waals surface area contributed by atoms with Gasteiger partial charge in [0.15, 0.2) is 0 Å². The Balaban J connectivity index is 0.000000143. The molecule has 0 radical (unpaired) electrons. The number of nitrogens with zero attached hydrogens (tertiary/aromatic N) is 5. The number of rotatable bonds is 5. The van der Waals surface area contributed by atoms with E-state index in [2.05, 4.69) is 78.9 Å². The van der Waals surface area contributed by atoms with Crippen molar-refractivity contribution in [3.63, 3.8) is 0 Å². The number of methoxy groups -OCH3 is 3. The molecule has 0 aliphatic carbocycles. The molecule has 0 bridgehead atoms. The lowest BCUT2D eigenvalue weighted by atomic mass is 10.1. The number of aryl methyl sites for hydroxylation is 3. The van der Waals surface area contributed by atoms with Gasteiger partial charge in [0, 0.05) is 25.9 Å². The zero-order valence-electron chi connectivity index (χ0n) is 34.4. The van der Waals surface area contributed by atoms with E-state index in [0.29, 0.717) is 16.7 Å². The van der Waals surface area contributed by atoms with E-state index in [9.17, 15) is 14.4 Å². The number of carbonyl (C=O) groups is 3. The average molecular weight is 927 g/mol. The van der Waals surface area contributed by atoms with Crippen LogP contribution in [0.25, 0.3) is 44.1 Å². The van der Waals surface area contributed by atoms with Crippen molar-refractivity contribution in [3.8, 4) is 11.4 Å². The molecule has 3 aromatic heterocycles. The van der Waals surface area contributed by atoms with Gasteiger partial charge < -0.3 is 14.2 Å². The molecule has 3 heterocycles. The highest BCUT2D eigenvalue weighted by Crippen LogP contribution is 2.21. The number of H-pyrrole nitrogens is 1. The van der Waals surface area contributed by atoms with E-state index in [1.54, 1.807) is 54.9 Å². The van der Waals surface area contributed by atoms with Gasteiger partial charge in [0.25, 0.3) is 0 Å². The van der Waals surface area contributed by atoms with E-state index in [1.807, 2.05) is 90.1 Å². The van der Waals surface area contributed by atoms with Gasteiger partial charge in [-0.3, -0.25) is 5.10 Å². The number of ether oxygens (including phenoxy) is 3. The highest BCUT2D eigenvalue weighted by molar-refractivity contribution is 14.1. The fourth-order valence-corrected chi connectivity index (χ4v) is 6.35. The molecule has 0 spiro atoms. The summed E-state index contributed by atoms with van der Waals surface area (Å²) in [4.78, 5) is 34.2. The molecule has 6 aromatic carbocycles. The second kappa shape index (κ2) is 20.2. The Hall–Kier alpha value is -7.13. The van der Waals surface area contributed by atoms with Crippen LogP contribution in [-0.2, 0) is 14.2 Å². The predicted octanol–water partition coefficient (Wildman–Crippen LogP) is 10.2. The van der Waals surface area contributed by atoms with Gasteiger partial charge in [-0.05, 0) is 134 Å². The van der Waals surface area contributed by atoms with Crippen LogP contribution in [0.15, 0.2) is 146 Å². The summed E-state index contributed by atoms with van der Waals surface area (Å²) in [5.41, 5.74) is 10.0. The maximum atomic E-state index is 11.5. The van der Waals surface area contributed by atoms with E-state index in [4.69, 9.17) is 9.47 Å². The Bertz CT molecular complexity index is 2870. The summed E-state index contributed by atoms with van der Waals surface area (Å²) >= 11 is 2.30. The fraction of sp³-hybridized carbons (Fsp3) is 0.125. The molecule has 9 aromatic rings. The number of hydrogen-bond donors (Lipinski definition) is 1. The molecule has 0 saturated carbocycles. The fourth-order valence-electron chi connectivity index (χ4n) is 5.99. The van der Waals surface area contributed by atoms with Gasteiger partial charge in [-0.25, -0.2) is 23.7 Å². The Morgan fingerprint density at radius 1 is 0.557 bits per heavy atom. The highest BCUT2D eigenvalue weighted by Gasteiger charge is 2.11. The van der Waals surface area contributed by atoms with Crippen molar-refractivity contribution in [1.82, 2.24) is 29.8 Å². The van der Waals surface area contributed by atoms with E-state index < -0.39 is 0 Å². The molecular formula is C48H43IN6O6. The minimum atomic E-state index is -0.338. The largest absolute Gasteiger partial charge is 0.465 e. The average Bonchev–Trinajstić information content (AvgIpc) is 4.06. The number of benzene rings is 6. The first-order valence-corrected chi connectivity index (χ1v) is 20.1. The van der Waals surface area contributed by atoms with Crippen LogP contribution in [0.3, 0.4) is 0 Å². The topological polar surface area (TPSA) is 143 Å². The SMILES string of the molecule is COC(=O)c1ccc2[nH]ncc2c1.COC(=O)c1ccc2c(cnn2-c2ccc(C)cc2)c1.COC(=O)c1ccc2nn(-c3ccc(C)cc3)cc2c1.Cc1ccc(I)cc1. The lowest BCUT2D eigenvalue weighted by Gasteiger charge is -2.04. The van der Waals surface area contributed by atoms with Gasteiger partial charge in [0.05, 0.1) is 78.3 Å². The molecular weight excluding hydrogens is 883 g/mol. The number of aromatic nitrogens is 6. The third-order valence-electron chi connectivity index (χ3n) is 9.36. The Kier molecular flexibility index (Phi) is 14.4. The highest BCUT2D eigenvalue weighted by atomic mass is 127. The van der Waals surface area contributed by atoms with Crippen LogP contribution in [0.2, 0.25) is 0 Å². The molecule has 0 aliphatic rings. The van der Waals surface area contributed by atoms with Crippen LogP contribution in [0.4, 0.5) is 0 Å². The van der Waals surface area contributed by atoms with Gasteiger partial charge in [-0.2, -0.15) is 15.3 Å². The number of fused-ring (bicyclic) bond motifs is 3. The quantitative estimate of drug-likeness (QED) is 0.101. The molecule has 0 aliphatic heterocycles.